The lowest BCUT2D eigenvalue weighted by molar-refractivity contribution is 0.0789. The zero-order valence-electron chi connectivity index (χ0n) is 12.0. The SMILES string of the molecule is Cc1ncsc1C(=O)N(C)Cc1ccc(C#CCO)cc1. The number of aliphatic hydroxyl groups is 1. The lowest BCUT2D eigenvalue weighted by atomic mass is 10.1. The van der Waals surface area contributed by atoms with Gasteiger partial charge in [-0.05, 0) is 24.6 Å². The Bertz CT molecular complexity index is 680. The van der Waals surface area contributed by atoms with Crippen molar-refractivity contribution in [2.45, 2.75) is 13.5 Å². The number of carbonyl (C=O) groups excluding carboxylic acids is 1. The van der Waals surface area contributed by atoms with Crippen LogP contribution in [0.3, 0.4) is 0 Å². The van der Waals surface area contributed by atoms with Gasteiger partial charge in [0.25, 0.3) is 5.91 Å². The van der Waals surface area contributed by atoms with E-state index < -0.39 is 0 Å². The van der Waals surface area contributed by atoms with Gasteiger partial charge in [0.2, 0.25) is 0 Å². The molecule has 1 amide bonds. The normalized spacial score (nSPS) is 9.86. The first-order valence-corrected chi connectivity index (χ1v) is 7.34. The molecular formula is C16H16N2O2S. The van der Waals surface area contributed by atoms with Crippen LogP contribution in [0.4, 0.5) is 0 Å². The van der Waals surface area contributed by atoms with Gasteiger partial charge in [-0.15, -0.1) is 11.3 Å². The highest BCUT2D eigenvalue weighted by Gasteiger charge is 2.16. The number of amides is 1. The molecule has 2 rings (SSSR count). The second-order valence-electron chi connectivity index (χ2n) is 4.58. The molecule has 1 N–H and O–H groups in total. The van der Waals surface area contributed by atoms with Crippen molar-refractivity contribution in [2.75, 3.05) is 13.7 Å². The highest BCUT2D eigenvalue weighted by Crippen LogP contribution is 2.16. The first-order chi connectivity index (χ1) is 10.1. The lowest BCUT2D eigenvalue weighted by Crippen LogP contribution is -2.26. The standard InChI is InChI=1S/C16H16N2O2S/c1-12-15(21-11-17-12)16(20)18(2)10-14-7-5-13(6-8-14)4-3-9-19/h5-8,11,19H,9-10H2,1-2H3. The van der Waals surface area contributed by atoms with Crippen LogP contribution in [0.5, 0.6) is 0 Å². The summed E-state index contributed by atoms with van der Waals surface area (Å²) in [5.74, 6) is 5.43. The molecule has 0 aliphatic carbocycles. The Kier molecular flexibility index (Phi) is 5.09. The van der Waals surface area contributed by atoms with Gasteiger partial charge in [0, 0.05) is 19.2 Å². The fourth-order valence-electron chi connectivity index (χ4n) is 1.86. The molecule has 1 aromatic heterocycles. The molecule has 4 nitrogen and oxygen atoms in total. The van der Waals surface area contributed by atoms with Crippen LogP contribution in [0.25, 0.3) is 0 Å². The Balaban J connectivity index is 2.04. The summed E-state index contributed by atoms with van der Waals surface area (Å²) in [7, 11) is 1.78. The number of nitrogens with zero attached hydrogens (tertiary/aromatic N) is 2. The third kappa shape index (κ3) is 3.91. The maximum Gasteiger partial charge on any atom is 0.265 e. The molecule has 0 fully saturated rings. The van der Waals surface area contributed by atoms with E-state index in [2.05, 4.69) is 16.8 Å². The summed E-state index contributed by atoms with van der Waals surface area (Å²) in [4.78, 5) is 18.7. The average molecular weight is 300 g/mol. The molecule has 0 saturated carbocycles. The second kappa shape index (κ2) is 7.02. The van der Waals surface area contributed by atoms with Gasteiger partial charge in [0.15, 0.2) is 0 Å². The number of hydrogen-bond acceptors (Lipinski definition) is 4. The van der Waals surface area contributed by atoms with Gasteiger partial charge in [0.05, 0.1) is 11.2 Å². The summed E-state index contributed by atoms with van der Waals surface area (Å²) >= 11 is 1.36. The third-order valence-corrected chi connectivity index (χ3v) is 3.89. The number of aromatic nitrogens is 1. The smallest absolute Gasteiger partial charge is 0.265 e. The molecule has 0 saturated heterocycles. The van der Waals surface area contributed by atoms with E-state index >= 15 is 0 Å². The van der Waals surface area contributed by atoms with Crippen molar-refractivity contribution in [2.24, 2.45) is 0 Å². The number of rotatable bonds is 3. The molecular weight excluding hydrogens is 284 g/mol. The molecule has 0 bridgehead atoms. The van der Waals surface area contributed by atoms with Crippen molar-refractivity contribution in [3.63, 3.8) is 0 Å². The van der Waals surface area contributed by atoms with Crippen molar-refractivity contribution in [1.82, 2.24) is 9.88 Å². The summed E-state index contributed by atoms with van der Waals surface area (Å²) in [6, 6.07) is 7.64. The topological polar surface area (TPSA) is 53.4 Å². The molecule has 0 spiro atoms. The number of aryl methyl sites for hydroxylation is 1. The van der Waals surface area contributed by atoms with E-state index in [0.29, 0.717) is 11.4 Å². The van der Waals surface area contributed by atoms with Gasteiger partial charge >= 0.3 is 0 Å². The minimum Gasteiger partial charge on any atom is -0.384 e. The fourth-order valence-corrected chi connectivity index (χ4v) is 2.66. The summed E-state index contributed by atoms with van der Waals surface area (Å²) in [6.07, 6.45) is 0. The summed E-state index contributed by atoms with van der Waals surface area (Å²) < 4.78 is 0. The molecule has 0 radical (unpaired) electrons. The van der Waals surface area contributed by atoms with E-state index in [-0.39, 0.29) is 12.5 Å². The van der Waals surface area contributed by atoms with Gasteiger partial charge in [-0.25, -0.2) is 4.98 Å². The van der Waals surface area contributed by atoms with Gasteiger partial charge in [-0.3, -0.25) is 4.79 Å². The summed E-state index contributed by atoms with van der Waals surface area (Å²) in [5.41, 5.74) is 4.33. The maximum absolute atomic E-state index is 12.3. The van der Waals surface area contributed by atoms with Crippen LogP contribution >= 0.6 is 11.3 Å². The molecule has 1 heterocycles. The van der Waals surface area contributed by atoms with Crippen molar-refractivity contribution in [3.05, 3.63) is 51.5 Å². The van der Waals surface area contributed by atoms with E-state index in [1.807, 2.05) is 31.2 Å². The summed E-state index contributed by atoms with van der Waals surface area (Å²) in [5, 5.41) is 8.65. The molecule has 1 aromatic carbocycles. The van der Waals surface area contributed by atoms with Gasteiger partial charge in [-0.2, -0.15) is 0 Å². The molecule has 0 atom stereocenters. The van der Waals surface area contributed by atoms with E-state index in [4.69, 9.17) is 5.11 Å². The Morgan fingerprint density at radius 2 is 2.10 bits per heavy atom. The fraction of sp³-hybridized carbons (Fsp3) is 0.250. The first kappa shape index (κ1) is 15.2. The highest BCUT2D eigenvalue weighted by molar-refractivity contribution is 7.11. The number of aliphatic hydroxyl groups excluding tert-OH is 1. The van der Waals surface area contributed by atoms with Crippen molar-refractivity contribution < 1.29 is 9.90 Å². The van der Waals surface area contributed by atoms with Gasteiger partial charge in [0.1, 0.15) is 11.5 Å². The van der Waals surface area contributed by atoms with E-state index in [1.54, 1.807) is 17.5 Å². The molecule has 0 aliphatic heterocycles. The molecule has 21 heavy (non-hydrogen) atoms. The maximum atomic E-state index is 12.3. The predicted octanol–water partition coefficient (Wildman–Crippen LogP) is 2.07. The number of hydrogen-bond donors (Lipinski definition) is 1. The van der Waals surface area contributed by atoms with Crippen LogP contribution in [-0.4, -0.2) is 34.6 Å². The average Bonchev–Trinajstić information content (AvgIpc) is 2.92. The largest absolute Gasteiger partial charge is 0.384 e. The Morgan fingerprint density at radius 1 is 1.38 bits per heavy atom. The van der Waals surface area contributed by atoms with Crippen LogP contribution < -0.4 is 0 Å². The molecule has 5 heteroatoms. The Hall–Kier alpha value is -2.16. The van der Waals surface area contributed by atoms with Crippen LogP contribution in [0.15, 0.2) is 29.8 Å². The number of carbonyl (C=O) groups is 1. The monoisotopic (exact) mass is 300 g/mol. The second-order valence-corrected chi connectivity index (χ2v) is 5.44. The molecule has 0 aliphatic rings. The minimum atomic E-state index is -0.146. The van der Waals surface area contributed by atoms with Crippen LogP contribution in [0.2, 0.25) is 0 Å². The Morgan fingerprint density at radius 3 is 2.67 bits per heavy atom. The van der Waals surface area contributed by atoms with E-state index in [0.717, 1.165) is 16.8 Å². The van der Waals surface area contributed by atoms with Crippen LogP contribution in [-0.2, 0) is 6.54 Å². The van der Waals surface area contributed by atoms with Gasteiger partial charge < -0.3 is 10.0 Å². The molecule has 0 unspecified atom stereocenters. The van der Waals surface area contributed by atoms with Crippen LogP contribution in [0, 0.1) is 18.8 Å². The minimum absolute atomic E-state index is 0.0147. The zero-order chi connectivity index (χ0) is 15.2. The number of benzene rings is 1. The highest BCUT2D eigenvalue weighted by atomic mass is 32.1. The summed E-state index contributed by atoms with van der Waals surface area (Å²) in [6.45, 7) is 2.23. The molecule has 2 aromatic rings. The third-order valence-electron chi connectivity index (χ3n) is 2.97. The predicted molar refractivity (Wildman–Crippen MR) is 83.1 cm³/mol. The Labute approximate surface area is 128 Å². The number of thiazole rings is 1. The van der Waals surface area contributed by atoms with Crippen molar-refractivity contribution in [1.29, 1.82) is 0 Å². The lowest BCUT2D eigenvalue weighted by Gasteiger charge is -2.16. The molecule has 108 valence electrons. The van der Waals surface area contributed by atoms with Gasteiger partial charge in [-0.1, -0.05) is 24.0 Å². The zero-order valence-corrected chi connectivity index (χ0v) is 12.8. The quantitative estimate of drug-likeness (QED) is 0.883. The van der Waals surface area contributed by atoms with E-state index in [9.17, 15) is 4.79 Å². The van der Waals surface area contributed by atoms with E-state index in [1.165, 1.54) is 11.3 Å². The van der Waals surface area contributed by atoms with Crippen molar-refractivity contribution >= 4 is 17.2 Å². The van der Waals surface area contributed by atoms with Crippen molar-refractivity contribution in [3.8, 4) is 11.8 Å². The van der Waals surface area contributed by atoms with Crippen LogP contribution in [0.1, 0.15) is 26.5 Å². The first-order valence-electron chi connectivity index (χ1n) is 6.46.